The second kappa shape index (κ2) is 9.61. The van der Waals surface area contributed by atoms with E-state index in [0.29, 0.717) is 40.4 Å². The minimum atomic E-state index is -0.877. The van der Waals surface area contributed by atoms with Crippen LogP contribution in [-0.4, -0.2) is 35.7 Å². The summed E-state index contributed by atoms with van der Waals surface area (Å²) in [6, 6.07) is 4.19. The van der Waals surface area contributed by atoms with Gasteiger partial charge in [-0.15, -0.1) is 0 Å². The van der Waals surface area contributed by atoms with Crippen molar-refractivity contribution in [1.29, 1.82) is 0 Å². The van der Waals surface area contributed by atoms with Crippen molar-refractivity contribution in [1.82, 2.24) is 5.12 Å². The van der Waals surface area contributed by atoms with Gasteiger partial charge in [-0.1, -0.05) is 6.58 Å². The zero-order valence-electron chi connectivity index (χ0n) is 16.8. The number of allylic oxidation sites excluding steroid dienone is 3. The molecule has 1 aliphatic rings. The van der Waals surface area contributed by atoms with Crippen LogP contribution in [0.4, 0.5) is 4.39 Å². The molecule has 0 saturated heterocycles. The number of rotatable bonds is 9. The highest BCUT2D eigenvalue weighted by molar-refractivity contribution is 6.13. The van der Waals surface area contributed by atoms with Gasteiger partial charge >= 0.3 is 0 Å². The second-order valence-electron chi connectivity index (χ2n) is 7.36. The number of aliphatic hydroxyl groups excluding tert-OH is 1. The summed E-state index contributed by atoms with van der Waals surface area (Å²) in [5.41, 5.74) is 9.63. The largest absolute Gasteiger partial charge is 0.402 e. The summed E-state index contributed by atoms with van der Waals surface area (Å²) in [6.07, 6.45) is 3.80. The van der Waals surface area contributed by atoms with E-state index in [0.717, 1.165) is 17.2 Å². The van der Waals surface area contributed by atoms with Gasteiger partial charge in [0, 0.05) is 37.5 Å². The van der Waals surface area contributed by atoms with Gasteiger partial charge in [-0.2, -0.15) is 5.10 Å². The molecular formula is C21H30FN5O. The van der Waals surface area contributed by atoms with Gasteiger partial charge in [0.05, 0.1) is 11.8 Å². The highest BCUT2D eigenvalue weighted by Crippen LogP contribution is 2.29. The Bertz CT molecular complexity index is 803. The summed E-state index contributed by atoms with van der Waals surface area (Å²) in [5.74, 6) is 6.00. The molecule has 1 atom stereocenters. The van der Waals surface area contributed by atoms with Gasteiger partial charge in [0.15, 0.2) is 0 Å². The molecule has 1 aromatic rings. The third-order valence-electron chi connectivity index (χ3n) is 4.53. The molecule has 28 heavy (non-hydrogen) atoms. The number of benzene rings is 1. The monoisotopic (exact) mass is 387 g/mol. The number of hydrogen-bond donors (Lipinski definition) is 3. The lowest BCUT2D eigenvalue weighted by atomic mass is 9.92. The molecule has 0 spiro atoms. The Kier molecular flexibility index (Phi) is 7.48. The zero-order chi connectivity index (χ0) is 20.8. The van der Waals surface area contributed by atoms with E-state index in [9.17, 15) is 9.50 Å². The molecule has 0 radical (unpaired) electrons. The Balaban J connectivity index is 2.34. The molecule has 7 heteroatoms. The van der Waals surface area contributed by atoms with Gasteiger partial charge in [-0.3, -0.25) is 4.99 Å². The average molecular weight is 388 g/mol. The van der Waals surface area contributed by atoms with Crippen LogP contribution in [0.5, 0.6) is 0 Å². The van der Waals surface area contributed by atoms with Crippen molar-refractivity contribution in [2.45, 2.75) is 39.2 Å². The van der Waals surface area contributed by atoms with Crippen LogP contribution in [0.15, 0.2) is 51.7 Å². The first kappa shape index (κ1) is 21.8. The number of nitrogens with zero attached hydrogens (tertiary/aromatic N) is 3. The van der Waals surface area contributed by atoms with E-state index in [1.807, 2.05) is 6.92 Å². The molecule has 152 valence electrons. The molecule has 1 fully saturated rings. The quantitative estimate of drug-likeness (QED) is 0.344. The Morgan fingerprint density at radius 1 is 1.46 bits per heavy atom. The highest BCUT2D eigenvalue weighted by Gasteiger charge is 2.21. The Morgan fingerprint density at radius 2 is 2.14 bits per heavy atom. The molecule has 0 unspecified atom stereocenters. The molecule has 0 heterocycles. The average Bonchev–Trinajstić information content (AvgIpc) is 3.42. The highest BCUT2D eigenvalue weighted by atomic mass is 19.1. The van der Waals surface area contributed by atoms with Crippen LogP contribution in [0.25, 0.3) is 0 Å². The van der Waals surface area contributed by atoms with Crippen molar-refractivity contribution >= 4 is 11.9 Å². The predicted octanol–water partition coefficient (Wildman–Crippen LogP) is 3.05. The predicted molar refractivity (Wildman–Crippen MR) is 112 cm³/mol. The molecule has 5 N–H and O–H groups in total. The fourth-order valence-electron chi connectivity index (χ4n) is 2.78. The van der Waals surface area contributed by atoms with Crippen LogP contribution in [-0.2, 0) is 0 Å². The normalized spacial score (nSPS) is 16.9. The first-order valence-electron chi connectivity index (χ1n) is 9.37. The van der Waals surface area contributed by atoms with Gasteiger partial charge < -0.3 is 10.8 Å². The van der Waals surface area contributed by atoms with Crippen molar-refractivity contribution in [3.63, 3.8) is 0 Å². The Labute approximate surface area is 166 Å². The zero-order valence-corrected chi connectivity index (χ0v) is 16.8. The number of aliphatic imine (C=N–C) groups is 1. The van der Waals surface area contributed by atoms with E-state index in [-0.39, 0.29) is 0 Å². The van der Waals surface area contributed by atoms with Crippen LogP contribution in [0, 0.1) is 11.7 Å². The lowest BCUT2D eigenvalue weighted by Crippen LogP contribution is -2.23. The van der Waals surface area contributed by atoms with Crippen molar-refractivity contribution in [3.8, 4) is 0 Å². The van der Waals surface area contributed by atoms with Gasteiger partial charge in [0.2, 0.25) is 0 Å². The summed E-state index contributed by atoms with van der Waals surface area (Å²) < 4.78 is 13.7. The minimum absolute atomic E-state index is 0.416. The number of hydrogen-bond acceptors (Lipinski definition) is 6. The summed E-state index contributed by atoms with van der Waals surface area (Å²) in [5, 5.41) is 15.6. The van der Waals surface area contributed by atoms with Gasteiger partial charge in [-0.25, -0.2) is 15.4 Å². The summed E-state index contributed by atoms with van der Waals surface area (Å²) in [6.45, 7) is 8.34. The standard InChI is InChI=1S/C21H30FN5O/c1-13(9-17(14(2)23)12-25-11-16-5-6-16)21(26-27(4)24)19-8-7-18(22)10-20(19)15(3)28/h7-8,10,12,15-16,28H,1,5-6,9,11,23-24H2,2-4H3/b17-14?,25-12?,26-21+/t15-/m1/s1. The number of hydrazone groups is 1. The van der Waals surface area contributed by atoms with Crippen LogP contribution < -0.4 is 11.6 Å². The van der Waals surface area contributed by atoms with Gasteiger partial charge in [-0.05, 0) is 67.5 Å². The fraction of sp³-hybridized carbons (Fsp3) is 0.429. The molecule has 0 bridgehead atoms. The second-order valence-corrected chi connectivity index (χ2v) is 7.36. The maximum Gasteiger partial charge on any atom is 0.123 e. The maximum atomic E-state index is 13.7. The molecule has 1 aliphatic carbocycles. The Morgan fingerprint density at radius 3 is 2.68 bits per heavy atom. The molecule has 6 nitrogen and oxygen atoms in total. The number of hydrazine groups is 1. The van der Waals surface area contributed by atoms with Crippen molar-refractivity contribution in [3.05, 3.63) is 58.6 Å². The smallest absolute Gasteiger partial charge is 0.123 e. The number of nitrogens with two attached hydrogens (primary N) is 2. The SMILES string of the molecule is C=C(CC(C=NCC1CC1)=C(C)N)/C(=N\N(C)N)c1ccc(F)cc1[C@@H](C)O. The lowest BCUT2D eigenvalue weighted by molar-refractivity contribution is 0.198. The lowest BCUT2D eigenvalue weighted by Gasteiger charge is -2.18. The molecule has 0 amide bonds. The van der Waals surface area contributed by atoms with E-state index in [4.69, 9.17) is 11.6 Å². The first-order valence-corrected chi connectivity index (χ1v) is 9.37. The number of aliphatic hydroxyl groups is 1. The van der Waals surface area contributed by atoms with E-state index in [1.54, 1.807) is 26.3 Å². The maximum absolute atomic E-state index is 13.7. The Hall–Kier alpha value is -2.51. The van der Waals surface area contributed by atoms with Crippen LogP contribution in [0.1, 0.15) is 50.3 Å². The fourth-order valence-corrected chi connectivity index (χ4v) is 2.78. The minimum Gasteiger partial charge on any atom is -0.402 e. The van der Waals surface area contributed by atoms with Crippen LogP contribution in [0.2, 0.25) is 0 Å². The van der Waals surface area contributed by atoms with Crippen LogP contribution in [0.3, 0.4) is 0 Å². The molecule has 1 aromatic carbocycles. The first-order chi connectivity index (χ1) is 13.2. The summed E-state index contributed by atoms with van der Waals surface area (Å²) >= 11 is 0. The molecule has 1 saturated carbocycles. The molecule has 2 rings (SSSR count). The van der Waals surface area contributed by atoms with Crippen molar-refractivity contribution < 1.29 is 9.50 Å². The van der Waals surface area contributed by atoms with E-state index < -0.39 is 11.9 Å². The van der Waals surface area contributed by atoms with Crippen LogP contribution >= 0.6 is 0 Å². The molecule has 0 aliphatic heterocycles. The molecular weight excluding hydrogens is 357 g/mol. The van der Waals surface area contributed by atoms with Gasteiger partial charge in [0.25, 0.3) is 0 Å². The number of halogens is 1. The summed E-state index contributed by atoms with van der Waals surface area (Å²) in [4.78, 5) is 4.49. The van der Waals surface area contributed by atoms with Crippen molar-refractivity contribution in [2.24, 2.45) is 27.6 Å². The van der Waals surface area contributed by atoms with Crippen molar-refractivity contribution in [2.75, 3.05) is 13.6 Å². The van der Waals surface area contributed by atoms with E-state index in [1.165, 1.54) is 25.0 Å². The third-order valence-corrected chi connectivity index (χ3v) is 4.53. The third kappa shape index (κ3) is 6.28. The van der Waals surface area contributed by atoms with E-state index >= 15 is 0 Å². The van der Waals surface area contributed by atoms with Gasteiger partial charge in [0.1, 0.15) is 5.82 Å². The molecule has 0 aromatic heterocycles. The summed E-state index contributed by atoms with van der Waals surface area (Å²) in [7, 11) is 1.58. The topological polar surface area (TPSA) is 100 Å². The van der Waals surface area contributed by atoms with E-state index in [2.05, 4.69) is 16.7 Å².